The second kappa shape index (κ2) is 5.19. The van der Waals surface area contributed by atoms with Gasteiger partial charge in [-0.25, -0.2) is 4.39 Å². The van der Waals surface area contributed by atoms with Crippen LogP contribution in [0.2, 0.25) is 0 Å². The van der Waals surface area contributed by atoms with E-state index in [9.17, 15) is 4.39 Å². The molecule has 0 unspecified atom stereocenters. The normalized spacial score (nSPS) is 10.2. The Morgan fingerprint density at radius 2 is 1.94 bits per heavy atom. The lowest BCUT2D eigenvalue weighted by Crippen LogP contribution is -2.04. The van der Waals surface area contributed by atoms with Crippen molar-refractivity contribution in [3.8, 4) is 0 Å². The van der Waals surface area contributed by atoms with Crippen molar-refractivity contribution >= 4 is 27.3 Å². The van der Waals surface area contributed by atoms with Gasteiger partial charge in [0, 0.05) is 16.7 Å². The van der Waals surface area contributed by atoms with Crippen LogP contribution in [0.3, 0.4) is 0 Å². The third-order valence-electron chi connectivity index (χ3n) is 2.46. The number of para-hydroxylation sites is 1. The summed E-state index contributed by atoms with van der Waals surface area (Å²) in [7, 11) is 0. The van der Waals surface area contributed by atoms with E-state index in [1.165, 1.54) is 6.07 Å². The minimum atomic E-state index is -0.283. The van der Waals surface area contributed by atoms with E-state index in [1.54, 1.807) is 12.1 Å². The molecule has 0 aliphatic heterocycles. The first-order valence-electron chi connectivity index (χ1n) is 5.19. The third kappa shape index (κ3) is 2.97. The lowest BCUT2D eigenvalue weighted by molar-refractivity contribution is 0.629. The zero-order valence-corrected chi connectivity index (χ0v) is 10.7. The minimum Gasteiger partial charge on any atom is -0.398 e. The molecule has 0 aliphatic rings. The number of hydrogen-bond acceptors (Lipinski definition) is 2. The van der Waals surface area contributed by atoms with E-state index in [0.717, 1.165) is 10.0 Å². The number of nitrogens with one attached hydrogen (secondary N) is 1. The maximum Gasteiger partial charge on any atom is 0.147 e. The summed E-state index contributed by atoms with van der Waals surface area (Å²) >= 11 is 3.22. The molecule has 0 aliphatic carbocycles. The molecule has 2 aromatic rings. The Labute approximate surface area is 108 Å². The van der Waals surface area contributed by atoms with Crippen molar-refractivity contribution in [1.82, 2.24) is 0 Å². The van der Waals surface area contributed by atoms with Crippen molar-refractivity contribution < 1.29 is 4.39 Å². The Bertz CT molecular complexity index is 529. The van der Waals surface area contributed by atoms with Gasteiger partial charge >= 0.3 is 0 Å². The van der Waals surface area contributed by atoms with Gasteiger partial charge in [0.25, 0.3) is 0 Å². The molecular formula is C13H12BrFN2. The fourth-order valence-electron chi connectivity index (χ4n) is 1.52. The van der Waals surface area contributed by atoms with Gasteiger partial charge in [0.05, 0.1) is 5.69 Å². The summed E-state index contributed by atoms with van der Waals surface area (Å²) in [5, 5.41) is 3.02. The molecule has 4 heteroatoms. The zero-order valence-electron chi connectivity index (χ0n) is 9.08. The number of benzene rings is 2. The lowest BCUT2D eigenvalue weighted by atomic mass is 10.2. The Morgan fingerprint density at radius 1 is 1.18 bits per heavy atom. The highest BCUT2D eigenvalue weighted by Gasteiger charge is 2.03. The van der Waals surface area contributed by atoms with Crippen LogP contribution in [0.5, 0.6) is 0 Å². The average Bonchev–Trinajstić information content (AvgIpc) is 2.30. The van der Waals surface area contributed by atoms with Crippen LogP contribution in [0.4, 0.5) is 15.8 Å². The molecule has 0 radical (unpaired) electrons. The predicted molar refractivity (Wildman–Crippen MR) is 72.3 cm³/mol. The lowest BCUT2D eigenvalue weighted by Gasteiger charge is -2.09. The Kier molecular flexibility index (Phi) is 3.64. The van der Waals surface area contributed by atoms with Gasteiger partial charge in [0.1, 0.15) is 5.82 Å². The molecule has 0 atom stereocenters. The topological polar surface area (TPSA) is 38.0 Å². The highest BCUT2D eigenvalue weighted by atomic mass is 79.9. The first kappa shape index (κ1) is 11.9. The van der Waals surface area contributed by atoms with Gasteiger partial charge in [-0.2, -0.15) is 0 Å². The van der Waals surface area contributed by atoms with Crippen LogP contribution in [-0.4, -0.2) is 0 Å². The molecule has 88 valence electrons. The number of anilines is 2. The van der Waals surface area contributed by atoms with E-state index in [1.807, 2.05) is 24.3 Å². The molecule has 2 aromatic carbocycles. The van der Waals surface area contributed by atoms with Crippen molar-refractivity contribution in [2.45, 2.75) is 6.54 Å². The molecule has 0 spiro atoms. The summed E-state index contributed by atoms with van der Waals surface area (Å²) in [6.45, 7) is 0.505. The van der Waals surface area contributed by atoms with Crippen molar-refractivity contribution in [2.75, 3.05) is 11.1 Å². The number of nitrogen functional groups attached to an aromatic ring is 1. The number of nitrogens with two attached hydrogens (primary N) is 1. The van der Waals surface area contributed by atoms with Gasteiger partial charge in [-0.05, 0) is 29.8 Å². The van der Waals surface area contributed by atoms with Gasteiger partial charge in [-0.1, -0.05) is 34.1 Å². The van der Waals surface area contributed by atoms with Gasteiger partial charge < -0.3 is 11.1 Å². The van der Waals surface area contributed by atoms with Crippen molar-refractivity contribution in [1.29, 1.82) is 0 Å². The van der Waals surface area contributed by atoms with Gasteiger partial charge in [-0.15, -0.1) is 0 Å². The quantitative estimate of drug-likeness (QED) is 0.846. The van der Waals surface area contributed by atoms with Crippen molar-refractivity contribution in [2.24, 2.45) is 0 Å². The maximum absolute atomic E-state index is 13.5. The van der Waals surface area contributed by atoms with Crippen molar-refractivity contribution in [3.05, 3.63) is 58.3 Å². The first-order chi connectivity index (χ1) is 8.16. The Morgan fingerprint density at radius 3 is 2.65 bits per heavy atom. The van der Waals surface area contributed by atoms with Crippen LogP contribution >= 0.6 is 15.9 Å². The molecule has 17 heavy (non-hydrogen) atoms. The van der Waals surface area contributed by atoms with Gasteiger partial charge in [0.2, 0.25) is 0 Å². The fourth-order valence-corrected chi connectivity index (χ4v) is 1.85. The molecule has 3 N–H and O–H groups in total. The van der Waals surface area contributed by atoms with Gasteiger partial charge in [-0.3, -0.25) is 0 Å². The van der Waals surface area contributed by atoms with E-state index >= 15 is 0 Å². The average molecular weight is 295 g/mol. The monoisotopic (exact) mass is 294 g/mol. The molecule has 0 fully saturated rings. The summed E-state index contributed by atoms with van der Waals surface area (Å²) in [5.41, 5.74) is 7.93. The minimum absolute atomic E-state index is 0.283. The number of hydrogen-bond donors (Lipinski definition) is 2. The summed E-state index contributed by atoms with van der Waals surface area (Å²) in [5.74, 6) is -0.283. The van der Waals surface area contributed by atoms with Crippen molar-refractivity contribution in [3.63, 3.8) is 0 Å². The van der Waals surface area contributed by atoms with E-state index < -0.39 is 0 Å². The third-order valence-corrected chi connectivity index (χ3v) is 2.95. The van der Waals surface area contributed by atoms with Gasteiger partial charge in [0.15, 0.2) is 0 Å². The molecule has 0 aromatic heterocycles. The molecule has 0 bridgehead atoms. The second-order valence-corrected chi connectivity index (χ2v) is 4.59. The van der Waals surface area contributed by atoms with E-state index in [0.29, 0.717) is 17.9 Å². The van der Waals surface area contributed by atoms with E-state index in [4.69, 9.17) is 5.73 Å². The highest BCUT2D eigenvalue weighted by Crippen LogP contribution is 2.20. The number of halogens is 2. The molecule has 0 amide bonds. The molecule has 2 rings (SSSR count). The summed E-state index contributed by atoms with van der Waals surface area (Å²) < 4.78 is 14.3. The predicted octanol–water partition coefficient (Wildman–Crippen LogP) is 3.78. The highest BCUT2D eigenvalue weighted by molar-refractivity contribution is 9.10. The second-order valence-electron chi connectivity index (χ2n) is 3.68. The van der Waals surface area contributed by atoms with Crippen LogP contribution in [-0.2, 0) is 6.54 Å². The molecule has 2 nitrogen and oxygen atoms in total. The fraction of sp³-hybridized carbons (Fsp3) is 0.0769. The summed E-state index contributed by atoms with van der Waals surface area (Å²) in [6.07, 6.45) is 0. The summed E-state index contributed by atoms with van der Waals surface area (Å²) in [6, 6.07) is 12.4. The molecule has 0 saturated heterocycles. The van der Waals surface area contributed by atoms with E-state index in [2.05, 4.69) is 21.2 Å². The smallest absolute Gasteiger partial charge is 0.147 e. The van der Waals surface area contributed by atoms with E-state index in [-0.39, 0.29) is 5.82 Å². The SMILES string of the molecule is Nc1ccccc1CNc1ccc(Br)cc1F. The van der Waals surface area contributed by atoms with Crippen LogP contribution in [0.1, 0.15) is 5.56 Å². The molecular weight excluding hydrogens is 283 g/mol. The summed E-state index contributed by atoms with van der Waals surface area (Å²) in [4.78, 5) is 0. The zero-order chi connectivity index (χ0) is 12.3. The van der Waals surface area contributed by atoms with Crippen LogP contribution in [0.15, 0.2) is 46.9 Å². The largest absolute Gasteiger partial charge is 0.398 e. The maximum atomic E-state index is 13.5. The number of rotatable bonds is 3. The van der Waals surface area contributed by atoms with Crippen LogP contribution < -0.4 is 11.1 Å². The Hall–Kier alpha value is -1.55. The Balaban J connectivity index is 2.10. The standard InChI is InChI=1S/C13H12BrFN2/c14-10-5-6-13(11(15)7-10)17-8-9-3-1-2-4-12(9)16/h1-7,17H,8,16H2. The van der Waals surface area contributed by atoms with Crippen LogP contribution in [0.25, 0.3) is 0 Å². The molecule has 0 heterocycles. The van der Waals surface area contributed by atoms with Crippen LogP contribution in [0, 0.1) is 5.82 Å². The first-order valence-corrected chi connectivity index (χ1v) is 5.98. The molecule has 0 saturated carbocycles.